The van der Waals surface area contributed by atoms with E-state index in [1.54, 1.807) is 18.7 Å². The second kappa shape index (κ2) is 7.72. The standard InChI is InChI=1S/C13H23N3O4/c1-10(2)16(9-12(18)19)13(20)14-8-11(17)15-6-4-3-5-7-15/h10H,3-9H2,1-2H3,(H,14,20)(H,18,19). The number of hydrogen-bond acceptors (Lipinski definition) is 3. The predicted octanol–water partition coefficient (Wildman–Crippen LogP) is 0.504. The molecule has 1 aliphatic rings. The number of nitrogens with zero attached hydrogens (tertiary/aromatic N) is 2. The smallest absolute Gasteiger partial charge is 0.323 e. The zero-order valence-electron chi connectivity index (χ0n) is 12.1. The van der Waals surface area contributed by atoms with Gasteiger partial charge in [-0.3, -0.25) is 9.59 Å². The summed E-state index contributed by atoms with van der Waals surface area (Å²) in [6, 6.07) is -0.760. The predicted molar refractivity (Wildman–Crippen MR) is 73.3 cm³/mol. The first-order valence-electron chi connectivity index (χ1n) is 6.96. The molecule has 0 aromatic heterocycles. The highest BCUT2D eigenvalue weighted by Gasteiger charge is 2.22. The summed E-state index contributed by atoms with van der Waals surface area (Å²) in [4.78, 5) is 37.4. The van der Waals surface area contributed by atoms with Crippen molar-refractivity contribution in [1.82, 2.24) is 15.1 Å². The lowest BCUT2D eigenvalue weighted by Gasteiger charge is -2.28. The monoisotopic (exact) mass is 285 g/mol. The maximum Gasteiger partial charge on any atom is 0.323 e. The minimum atomic E-state index is -1.07. The number of carbonyl (C=O) groups is 3. The Morgan fingerprint density at radius 1 is 1.20 bits per heavy atom. The summed E-state index contributed by atoms with van der Waals surface area (Å²) >= 11 is 0. The first kappa shape index (κ1) is 16.3. The molecule has 0 aromatic rings. The fourth-order valence-electron chi connectivity index (χ4n) is 2.14. The third kappa shape index (κ3) is 5.07. The second-order valence-electron chi connectivity index (χ2n) is 5.22. The fourth-order valence-corrected chi connectivity index (χ4v) is 2.14. The van der Waals surface area contributed by atoms with E-state index in [4.69, 9.17) is 5.11 Å². The van der Waals surface area contributed by atoms with Crippen LogP contribution in [0.2, 0.25) is 0 Å². The van der Waals surface area contributed by atoms with Crippen molar-refractivity contribution < 1.29 is 19.5 Å². The van der Waals surface area contributed by atoms with E-state index in [1.165, 1.54) is 4.90 Å². The molecule has 0 radical (unpaired) electrons. The van der Waals surface area contributed by atoms with Crippen molar-refractivity contribution in [3.8, 4) is 0 Å². The van der Waals surface area contributed by atoms with Crippen molar-refractivity contribution in [1.29, 1.82) is 0 Å². The minimum Gasteiger partial charge on any atom is -0.480 e. The normalized spacial score (nSPS) is 15.1. The fraction of sp³-hybridized carbons (Fsp3) is 0.769. The Morgan fingerprint density at radius 3 is 2.30 bits per heavy atom. The van der Waals surface area contributed by atoms with Gasteiger partial charge in [-0.05, 0) is 33.1 Å². The Labute approximate surface area is 118 Å². The lowest BCUT2D eigenvalue weighted by Crippen LogP contribution is -2.50. The number of piperidine rings is 1. The van der Waals surface area contributed by atoms with Crippen molar-refractivity contribution in [3.05, 3.63) is 0 Å². The number of likely N-dealkylation sites (tertiary alicyclic amines) is 1. The van der Waals surface area contributed by atoms with E-state index in [0.29, 0.717) is 0 Å². The van der Waals surface area contributed by atoms with Crippen molar-refractivity contribution in [2.45, 2.75) is 39.2 Å². The number of rotatable bonds is 5. The highest BCUT2D eigenvalue weighted by atomic mass is 16.4. The molecule has 1 saturated heterocycles. The molecule has 1 heterocycles. The van der Waals surface area contributed by atoms with Crippen LogP contribution in [0.3, 0.4) is 0 Å². The Bertz CT molecular complexity index is 365. The number of nitrogens with one attached hydrogen (secondary N) is 1. The summed E-state index contributed by atoms with van der Waals surface area (Å²) in [7, 11) is 0. The van der Waals surface area contributed by atoms with Crippen LogP contribution in [-0.4, -0.2) is 65.0 Å². The van der Waals surface area contributed by atoms with Crippen LogP contribution in [-0.2, 0) is 9.59 Å². The van der Waals surface area contributed by atoms with Crippen LogP contribution in [0.15, 0.2) is 0 Å². The number of carbonyl (C=O) groups excluding carboxylic acids is 2. The van der Waals surface area contributed by atoms with Crippen LogP contribution in [0.25, 0.3) is 0 Å². The molecule has 2 N–H and O–H groups in total. The van der Waals surface area contributed by atoms with Gasteiger partial charge in [0.2, 0.25) is 5.91 Å². The molecule has 0 atom stereocenters. The number of amides is 3. The summed E-state index contributed by atoms with van der Waals surface area (Å²) in [5.41, 5.74) is 0. The lowest BCUT2D eigenvalue weighted by molar-refractivity contribution is -0.138. The van der Waals surface area contributed by atoms with Crippen molar-refractivity contribution >= 4 is 17.9 Å². The van der Waals surface area contributed by atoms with E-state index < -0.39 is 12.0 Å². The number of hydrogen-bond donors (Lipinski definition) is 2. The lowest BCUT2D eigenvalue weighted by atomic mass is 10.1. The molecular formula is C13H23N3O4. The van der Waals surface area contributed by atoms with Gasteiger partial charge >= 0.3 is 12.0 Å². The van der Waals surface area contributed by atoms with Crippen LogP contribution < -0.4 is 5.32 Å². The first-order chi connectivity index (χ1) is 9.41. The maximum absolute atomic E-state index is 11.9. The molecule has 0 aliphatic carbocycles. The molecule has 3 amide bonds. The molecule has 1 rings (SSSR count). The Balaban J connectivity index is 2.43. The summed E-state index contributed by atoms with van der Waals surface area (Å²) in [5, 5.41) is 11.3. The molecule has 1 aliphatic heterocycles. The molecular weight excluding hydrogens is 262 g/mol. The largest absolute Gasteiger partial charge is 0.480 e. The maximum atomic E-state index is 11.9. The van der Waals surface area contributed by atoms with Crippen LogP contribution in [0.4, 0.5) is 4.79 Å². The first-order valence-corrected chi connectivity index (χ1v) is 6.96. The molecule has 0 spiro atoms. The zero-order chi connectivity index (χ0) is 15.1. The third-order valence-corrected chi connectivity index (χ3v) is 3.29. The zero-order valence-corrected chi connectivity index (χ0v) is 12.1. The van der Waals surface area contributed by atoms with E-state index in [-0.39, 0.29) is 25.0 Å². The van der Waals surface area contributed by atoms with Gasteiger partial charge in [0.25, 0.3) is 0 Å². The Kier molecular flexibility index (Phi) is 6.27. The van der Waals surface area contributed by atoms with Crippen molar-refractivity contribution in [2.24, 2.45) is 0 Å². The molecule has 7 heteroatoms. The molecule has 0 unspecified atom stereocenters. The van der Waals surface area contributed by atoms with E-state index in [1.807, 2.05) is 0 Å². The van der Waals surface area contributed by atoms with Gasteiger partial charge in [-0.15, -0.1) is 0 Å². The van der Waals surface area contributed by atoms with E-state index in [2.05, 4.69) is 5.32 Å². The van der Waals surface area contributed by atoms with Crippen molar-refractivity contribution in [2.75, 3.05) is 26.2 Å². The minimum absolute atomic E-state index is 0.0817. The quantitative estimate of drug-likeness (QED) is 0.770. The SMILES string of the molecule is CC(C)N(CC(=O)O)C(=O)NCC(=O)N1CCCCC1. The molecule has 7 nitrogen and oxygen atoms in total. The third-order valence-electron chi connectivity index (χ3n) is 3.29. The van der Waals surface area contributed by atoms with E-state index >= 15 is 0 Å². The Morgan fingerprint density at radius 2 is 1.80 bits per heavy atom. The van der Waals surface area contributed by atoms with Crippen molar-refractivity contribution in [3.63, 3.8) is 0 Å². The number of aliphatic carboxylic acids is 1. The average molecular weight is 285 g/mol. The topological polar surface area (TPSA) is 90.0 Å². The molecule has 20 heavy (non-hydrogen) atoms. The van der Waals surface area contributed by atoms with Gasteiger partial charge in [0.1, 0.15) is 6.54 Å². The highest BCUT2D eigenvalue weighted by Crippen LogP contribution is 2.08. The number of carboxylic acids is 1. The van der Waals surface area contributed by atoms with Crippen LogP contribution in [0.5, 0.6) is 0 Å². The molecule has 0 bridgehead atoms. The summed E-state index contributed by atoms with van der Waals surface area (Å²) in [6.07, 6.45) is 3.13. The van der Waals surface area contributed by atoms with Gasteiger partial charge in [0, 0.05) is 19.1 Å². The van der Waals surface area contributed by atoms with Crippen LogP contribution >= 0.6 is 0 Å². The molecule has 114 valence electrons. The van der Waals surface area contributed by atoms with Crippen LogP contribution in [0.1, 0.15) is 33.1 Å². The number of urea groups is 1. The van der Waals surface area contributed by atoms with Gasteiger partial charge in [-0.1, -0.05) is 0 Å². The molecule has 0 saturated carbocycles. The van der Waals surface area contributed by atoms with Crippen LogP contribution in [0, 0.1) is 0 Å². The molecule has 0 aromatic carbocycles. The summed E-state index contributed by atoms with van der Waals surface area (Å²) in [5.74, 6) is -1.19. The van der Waals surface area contributed by atoms with Gasteiger partial charge < -0.3 is 20.2 Å². The van der Waals surface area contributed by atoms with Gasteiger partial charge in [0.15, 0.2) is 0 Å². The average Bonchev–Trinajstić information content (AvgIpc) is 2.42. The van der Waals surface area contributed by atoms with Gasteiger partial charge in [-0.25, -0.2) is 4.79 Å². The number of carboxylic acid groups (broad SMARTS) is 1. The van der Waals surface area contributed by atoms with Gasteiger partial charge in [-0.2, -0.15) is 0 Å². The van der Waals surface area contributed by atoms with Gasteiger partial charge in [0.05, 0.1) is 6.54 Å². The second-order valence-corrected chi connectivity index (χ2v) is 5.22. The molecule has 1 fully saturated rings. The highest BCUT2D eigenvalue weighted by molar-refractivity contribution is 5.85. The summed E-state index contributed by atoms with van der Waals surface area (Å²) < 4.78 is 0. The van der Waals surface area contributed by atoms with E-state index in [9.17, 15) is 14.4 Å². The van der Waals surface area contributed by atoms with E-state index in [0.717, 1.165) is 32.4 Å². The Hall–Kier alpha value is -1.79. The summed E-state index contributed by atoms with van der Waals surface area (Å²) in [6.45, 7) is 4.47.